The Morgan fingerprint density at radius 3 is 2.27 bits per heavy atom. The van der Waals surface area contributed by atoms with Gasteiger partial charge in [0.1, 0.15) is 5.41 Å². The van der Waals surface area contributed by atoms with Crippen molar-refractivity contribution in [2.24, 2.45) is 5.41 Å². The largest absolute Gasteiger partial charge is 0.480 e. The zero-order valence-corrected chi connectivity index (χ0v) is 9.24. The highest BCUT2D eigenvalue weighted by atomic mass is 16.5. The Labute approximate surface area is 88.8 Å². The minimum atomic E-state index is -1.16. The van der Waals surface area contributed by atoms with Crippen molar-refractivity contribution < 1.29 is 19.4 Å². The Hall–Kier alpha value is -1.10. The Kier molecular flexibility index (Phi) is 3.34. The maximum absolute atomic E-state index is 11.7. The van der Waals surface area contributed by atoms with Gasteiger partial charge in [0.05, 0.1) is 12.1 Å². The molecule has 0 radical (unpaired) electrons. The van der Waals surface area contributed by atoms with Crippen LogP contribution in [0.3, 0.4) is 0 Å². The topological polar surface area (TPSA) is 75.6 Å². The predicted octanol–water partition coefficient (Wildman–Crippen LogP) is 0.391. The molecule has 1 unspecified atom stereocenters. The molecule has 2 N–H and O–H groups in total. The molecule has 0 saturated heterocycles. The maximum Gasteiger partial charge on any atom is 0.319 e. The normalized spacial score (nSPS) is 21.5. The molecule has 0 aromatic carbocycles. The summed E-state index contributed by atoms with van der Waals surface area (Å²) in [6.45, 7) is 3.62. The van der Waals surface area contributed by atoms with Crippen molar-refractivity contribution in [3.05, 3.63) is 0 Å². The molecule has 1 rings (SSSR count). The quantitative estimate of drug-likeness (QED) is 0.650. The highest BCUT2D eigenvalue weighted by Gasteiger charge is 2.57. The van der Waals surface area contributed by atoms with Crippen LogP contribution in [0.5, 0.6) is 0 Å². The van der Waals surface area contributed by atoms with Crippen molar-refractivity contribution in [1.29, 1.82) is 0 Å². The first-order valence-electron chi connectivity index (χ1n) is 5.01. The second kappa shape index (κ2) is 4.18. The van der Waals surface area contributed by atoms with Crippen LogP contribution in [0.1, 0.15) is 26.7 Å². The number of aliphatic carboxylic acids is 1. The SMILES string of the molecule is COC(C)[C@H](C)NC(=O)C1(C(=O)O)CC1. The van der Waals surface area contributed by atoms with E-state index < -0.39 is 17.3 Å². The number of amides is 1. The summed E-state index contributed by atoms with van der Waals surface area (Å²) in [7, 11) is 1.55. The van der Waals surface area contributed by atoms with Gasteiger partial charge in [-0.15, -0.1) is 0 Å². The molecule has 0 aromatic heterocycles. The average Bonchev–Trinajstić information content (AvgIpc) is 2.96. The number of nitrogens with one attached hydrogen (secondary N) is 1. The molecule has 1 aliphatic carbocycles. The maximum atomic E-state index is 11.7. The predicted molar refractivity (Wildman–Crippen MR) is 53.4 cm³/mol. The van der Waals surface area contributed by atoms with Crippen molar-refractivity contribution in [2.75, 3.05) is 7.11 Å². The summed E-state index contributed by atoms with van der Waals surface area (Å²) in [5.41, 5.74) is -1.16. The van der Waals surface area contributed by atoms with Crippen LogP contribution in [0.2, 0.25) is 0 Å². The first kappa shape index (κ1) is 12.0. The number of hydrogen-bond donors (Lipinski definition) is 2. The summed E-state index contributed by atoms with van der Waals surface area (Å²) < 4.78 is 5.04. The molecular formula is C10H17NO4. The Morgan fingerprint density at radius 1 is 1.40 bits per heavy atom. The molecule has 2 atom stereocenters. The summed E-state index contributed by atoms with van der Waals surface area (Å²) in [5, 5.41) is 11.6. The smallest absolute Gasteiger partial charge is 0.319 e. The summed E-state index contributed by atoms with van der Waals surface area (Å²) in [4.78, 5) is 22.5. The molecule has 1 saturated carbocycles. The van der Waals surface area contributed by atoms with E-state index in [1.807, 2.05) is 6.92 Å². The summed E-state index contributed by atoms with van der Waals surface area (Å²) in [6.07, 6.45) is 0.739. The van der Waals surface area contributed by atoms with Crippen LogP contribution >= 0.6 is 0 Å². The second-order valence-electron chi connectivity index (χ2n) is 4.09. The van der Waals surface area contributed by atoms with Crippen LogP contribution in [0, 0.1) is 5.41 Å². The molecule has 1 fully saturated rings. The van der Waals surface area contributed by atoms with Gasteiger partial charge >= 0.3 is 5.97 Å². The summed E-state index contributed by atoms with van der Waals surface area (Å²) >= 11 is 0. The number of methoxy groups -OCH3 is 1. The number of carboxylic acids is 1. The van der Waals surface area contributed by atoms with Gasteiger partial charge in [-0.1, -0.05) is 0 Å². The van der Waals surface area contributed by atoms with Crippen LogP contribution in [-0.4, -0.2) is 36.2 Å². The van der Waals surface area contributed by atoms with E-state index in [2.05, 4.69) is 5.32 Å². The molecule has 5 heteroatoms. The molecule has 15 heavy (non-hydrogen) atoms. The Bertz CT molecular complexity index is 273. The Balaban J connectivity index is 2.53. The van der Waals surface area contributed by atoms with E-state index in [1.54, 1.807) is 14.0 Å². The van der Waals surface area contributed by atoms with Crippen LogP contribution in [0.25, 0.3) is 0 Å². The number of carbonyl (C=O) groups is 2. The van der Waals surface area contributed by atoms with Crippen LogP contribution in [-0.2, 0) is 14.3 Å². The van der Waals surface area contributed by atoms with E-state index in [9.17, 15) is 9.59 Å². The lowest BCUT2D eigenvalue weighted by molar-refractivity contribution is -0.149. The van der Waals surface area contributed by atoms with E-state index in [1.165, 1.54) is 0 Å². The van der Waals surface area contributed by atoms with Crippen molar-refractivity contribution in [3.8, 4) is 0 Å². The fraction of sp³-hybridized carbons (Fsp3) is 0.800. The highest BCUT2D eigenvalue weighted by molar-refractivity contribution is 6.04. The molecule has 1 aliphatic rings. The van der Waals surface area contributed by atoms with Crippen LogP contribution in [0.15, 0.2) is 0 Å². The van der Waals surface area contributed by atoms with E-state index in [0.717, 1.165) is 0 Å². The van der Waals surface area contributed by atoms with Crippen LogP contribution in [0.4, 0.5) is 0 Å². The second-order valence-corrected chi connectivity index (χ2v) is 4.09. The van der Waals surface area contributed by atoms with Crippen molar-refractivity contribution in [3.63, 3.8) is 0 Å². The zero-order valence-electron chi connectivity index (χ0n) is 9.24. The van der Waals surface area contributed by atoms with Gasteiger partial charge in [0.15, 0.2) is 0 Å². The fourth-order valence-electron chi connectivity index (χ4n) is 1.33. The van der Waals surface area contributed by atoms with Crippen molar-refractivity contribution in [2.45, 2.75) is 38.8 Å². The molecule has 0 spiro atoms. The van der Waals surface area contributed by atoms with E-state index in [0.29, 0.717) is 12.8 Å². The monoisotopic (exact) mass is 215 g/mol. The fourth-order valence-corrected chi connectivity index (χ4v) is 1.33. The van der Waals surface area contributed by atoms with E-state index in [4.69, 9.17) is 9.84 Å². The van der Waals surface area contributed by atoms with Gasteiger partial charge in [-0.05, 0) is 26.7 Å². The molecule has 86 valence electrons. The van der Waals surface area contributed by atoms with Gasteiger partial charge in [-0.3, -0.25) is 9.59 Å². The van der Waals surface area contributed by atoms with Crippen LogP contribution < -0.4 is 5.32 Å². The minimum absolute atomic E-state index is 0.126. The van der Waals surface area contributed by atoms with Gasteiger partial charge < -0.3 is 15.2 Å². The number of ether oxygens (including phenoxy) is 1. The molecule has 0 aromatic rings. The van der Waals surface area contributed by atoms with Crippen molar-refractivity contribution in [1.82, 2.24) is 5.32 Å². The molecule has 0 bridgehead atoms. The third kappa shape index (κ3) is 2.28. The first-order chi connectivity index (χ1) is 6.94. The van der Waals surface area contributed by atoms with Gasteiger partial charge in [0.25, 0.3) is 0 Å². The molecule has 5 nitrogen and oxygen atoms in total. The van der Waals surface area contributed by atoms with Crippen molar-refractivity contribution >= 4 is 11.9 Å². The summed E-state index contributed by atoms with van der Waals surface area (Å²) in [6, 6.07) is -0.181. The first-order valence-corrected chi connectivity index (χ1v) is 5.01. The molecule has 0 heterocycles. The highest BCUT2D eigenvalue weighted by Crippen LogP contribution is 2.46. The zero-order chi connectivity index (χ0) is 11.6. The average molecular weight is 215 g/mol. The van der Waals surface area contributed by atoms with Gasteiger partial charge in [0.2, 0.25) is 5.91 Å². The van der Waals surface area contributed by atoms with E-state index >= 15 is 0 Å². The number of carboxylic acid groups (broad SMARTS) is 1. The van der Waals surface area contributed by atoms with Gasteiger partial charge in [-0.25, -0.2) is 0 Å². The number of carbonyl (C=O) groups excluding carboxylic acids is 1. The molecule has 1 amide bonds. The number of rotatable bonds is 5. The lowest BCUT2D eigenvalue weighted by Crippen LogP contribution is -2.46. The lowest BCUT2D eigenvalue weighted by atomic mass is 10.1. The third-order valence-electron chi connectivity index (χ3n) is 3.03. The molecule has 0 aliphatic heterocycles. The Morgan fingerprint density at radius 2 is 1.93 bits per heavy atom. The molecular weight excluding hydrogens is 198 g/mol. The minimum Gasteiger partial charge on any atom is -0.480 e. The van der Waals surface area contributed by atoms with Gasteiger partial charge in [0, 0.05) is 7.11 Å². The lowest BCUT2D eigenvalue weighted by Gasteiger charge is -2.21. The standard InChI is InChI=1S/C10H17NO4/c1-6(7(2)15-3)11-8(12)10(4-5-10)9(13)14/h6-7H,4-5H2,1-3H3,(H,11,12)(H,13,14)/t6-,7?/m0/s1. The summed E-state index contributed by atoms with van der Waals surface area (Å²) in [5.74, 6) is -1.43. The number of hydrogen-bond acceptors (Lipinski definition) is 3. The van der Waals surface area contributed by atoms with Gasteiger partial charge in [-0.2, -0.15) is 0 Å². The third-order valence-corrected chi connectivity index (χ3v) is 3.03. The van der Waals surface area contributed by atoms with E-state index in [-0.39, 0.29) is 12.1 Å².